The Labute approximate surface area is 152 Å². The van der Waals surface area contributed by atoms with Gasteiger partial charge >= 0.3 is 0 Å². The second-order valence-electron chi connectivity index (χ2n) is 6.47. The lowest BCUT2D eigenvalue weighted by Crippen LogP contribution is -2.44. The first-order valence-corrected chi connectivity index (χ1v) is 9.49. The SMILES string of the molecule is CCC(C)NC(=S)N(CCCN1CCOCC1)Cc1ccccc1. The van der Waals surface area contributed by atoms with Crippen LogP contribution in [0.15, 0.2) is 30.3 Å². The van der Waals surface area contributed by atoms with Crippen LogP contribution in [0.4, 0.5) is 0 Å². The van der Waals surface area contributed by atoms with Crippen LogP contribution in [-0.4, -0.2) is 60.3 Å². The van der Waals surface area contributed by atoms with Crippen molar-refractivity contribution in [3.8, 4) is 0 Å². The highest BCUT2D eigenvalue weighted by Gasteiger charge is 2.14. The number of nitrogens with one attached hydrogen (secondary N) is 1. The van der Waals surface area contributed by atoms with E-state index in [1.165, 1.54) is 5.56 Å². The highest BCUT2D eigenvalue weighted by Crippen LogP contribution is 2.08. The normalized spacial score (nSPS) is 16.6. The molecule has 1 N–H and O–H groups in total. The first kappa shape index (κ1) is 19.2. The van der Waals surface area contributed by atoms with Crippen molar-refractivity contribution < 1.29 is 4.74 Å². The summed E-state index contributed by atoms with van der Waals surface area (Å²) in [5.74, 6) is 0. The lowest BCUT2D eigenvalue weighted by Gasteiger charge is -2.30. The van der Waals surface area contributed by atoms with E-state index in [1.807, 2.05) is 0 Å². The summed E-state index contributed by atoms with van der Waals surface area (Å²) in [7, 11) is 0. The maximum Gasteiger partial charge on any atom is 0.169 e. The fraction of sp³-hybridized carbons (Fsp3) is 0.632. The van der Waals surface area contributed by atoms with Crippen molar-refractivity contribution in [3.05, 3.63) is 35.9 Å². The number of nitrogens with zero attached hydrogens (tertiary/aromatic N) is 2. The van der Waals surface area contributed by atoms with Crippen molar-refractivity contribution in [1.29, 1.82) is 0 Å². The number of ether oxygens (including phenoxy) is 1. The molecule has 0 bridgehead atoms. The molecular formula is C19H31N3OS. The zero-order valence-corrected chi connectivity index (χ0v) is 15.9. The van der Waals surface area contributed by atoms with Gasteiger partial charge in [-0.15, -0.1) is 0 Å². The van der Waals surface area contributed by atoms with Gasteiger partial charge in [0.25, 0.3) is 0 Å². The number of thiocarbonyl (C=S) groups is 1. The van der Waals surface area contributed by atoms with Gasteiger partial charge in [-0.25, -0.2) is 0 Å². The summed E-state index contributed by atoms with van der Waals surface area (Å²) >= 11 is 5.67. The molecule has 24 heavy (non-hydrogen) atoms. The quantitative estimate of drug-likeness (QED) is 0.729. The molecule has 1 aromatic carbocycles. The van der Waals surface area contributed by atoms with Crippen LogP contribution in [0, 0.1) is 0 Å². The third-order valence-electron chi connectivity index (χ3n) is 4.49. The maximum absolute atomic E-state index is 5.67. The topological polar surface area (TPSA) is 27.7 Å². The average molecular weight is 350 g/mol. The lowest BCUT2D eigenvalue weighted by molar-refractivity contribution is 0.0367. The standard InChI is InChI=1S/C19H31N3OS/c1-3-17(2)20-19(24)22(16-18-8-5-4-6-9-18)11-7-10-21-12-14-23-15-13-21/h4-6,8-9,17H,3,7,10-16H2,1-2H3,(H,20,24). The summed E-state index contributed by atoms with van der Waals surface area (Å²) < 4.78 is 5.42. The van der Waals surface area contributed by atoms with Crippen LogP contribution < -0.4 is 5.32 Å². The summed E-state index contributed by atoms with van der Waals surface area (Å²) in [6.45, 7) is 11.1. The van der Waals surface area contributed by atoms with E-state index >= 15 is 0 Å². The van der Waals surface area contributed by atoms with Crippen LogP contribution in [0.1, 0.15) is 32.3 Å². The zero-order chi connectivity index (χ0) is 17.2. The minimum Gasteiger partial charge on any atom is -0.379 e. The lowest BCUT2D eigenvalue weighted by atomic mass is 10.2. The third-order valence-corrected chi connectivity index (χ3v) is 4.87. The van der Waals surface area contributed by atoms with Crippen LogP contribution >= 0.6 is 12.2 Å². The van der Waals surface area contributed by atoms with E-state index in [9.17, 15) is 0 Å². The summed E-state index contributed by atoms with van der Waals surface area (Å²) in [6, 6.07) is 11.0. The molecule has 0 aromatic heterocycles. The third kappa shape index (κ3) is 6.75. The van der Waals surface area contributed by atoms with Crippen molar-refractivity contribution in [1.82, 2.24) is 15.1 Å². The van der Waals surface area contributed by atoms with Crippen molar-refractivity contribution in [2.45, 2.75) is 39.3 Å². The number of benzene rings is 1. The Morgan fingerprint density at radius 1 is 1.29 bits per heavy atom. The molecule has 0 radical (unpaired) electrons. The molecule has 1 atom stereocenters. The van der Waals surface area contributed by atoms with Crippen molar-refractivity contribution in [3.63, 3.8) is 0 Å². The van der Waals surface area contributed by atoms with Gasteiger partial charge in [-0.3, -0.25) is 4.90 Å². The average Bonchev–Trinajstić information content (AvgIpc) is 2.62. The second-order valence-corrected chi connectivity index (χ2v) is 6.86. The molecule has 0 amide bonds. The summed E-state index contributed by atoms with van der Waals surface area (Å²) in [4.78, 5) is 4.78. The van der Waals surface area contributed by atoms with Gasteiger partial charge < -0.3 is 15.0 Å². The Balaban J connectivity index is 1.87. The van der Waals surface area contributed by atoms with Gasteiger partial charge in [-0.1, -0.05) is 37.3 Å². The van der Waals surface area contributed by atoms with Gasteiger partial charge in [-0.05, 0) is 37.5 Å². The maximum atomic E-state index is 5.67. The monoisotopic (exact) mass is 349 g/mol. The van der Waals surface area contributed by atoms with Crippen molar-refractivity contribution in [2.24, 2.45) is 0 Å². The van der Waals surface area contributed by atoms with E-state index in [4.69, 9.17) is 17.0 Å². The molecule has 1 aliphatic heterocycles. The summed E-state index contributed by atoms with van der Waals surface area (Å²) in [6.07, 6.45) is 2.20. The molecule has 0 saturated carbocycles. The molecule has 2 rings (SSSR count). The van der Waals surface area contributed by atoms with E-state index in [1.54, 1.807) is 0 Å². The first-order chi connectivity index (χ1) is 11.7. The molecule has 0 spiro atoms. The molecule has 0 aliphatic carbocycles. The molecule has 4 nitrogen and oxygen atoms in total. The number of hydrogen-bond donors (Lipinski definition) is 1. The molecule has 5 heteroatoms. The molecule has 1 unspecified atom stereocenters. The Morgan fingerprint density at radius 3 is 2.67 bits per heavy atom. The largest absolute Gasteiger partial charge is 0.379 e. The molecule has 1 aliphatic rings. The molecule has 1 aromatic rings. The Hall–Kier alpha value is -1.17. The van der Waals surface area contributed by atoms with Crippen LogP contribution in [0.3, 0.4) is 0 Å². The van der Waals surface area contributed by atoms with Crippen molar-refractivity contribution >= 4 is 17.3 Å². The number of hydrogen-bond acceptors (Lipinski definition) is 3. The predicted octanol–water partition coefficient (Wildman–Crippen LogP) is 2.88. The van der Waals surface area contributed by atoms with E-state index < -0.39 is 0 Å². The van der Waals surface area contributed by atoms with E-state index in [0.29, 0.717) is 6.04 Å². The Kier molecular flexibility index (Phi) is 8.50. The summed E-state index contributed by atoms with van der Waals surface area (Å²) in [5.41, 5.74) is 1.30. The van der Waals surface area contributed by atoms with Crippen LogP contribution in [-0.2, 0) is 11.3 Å². The fourth-order valence-corrected chi connectivity index (χ4v) is 3.13. The molecular weight excluding hydrogens is 318 g/mol. The predicted molar refractivity (Wildman–Crippen MR) is 104 cm³/mol. The zero-order valence-electron chi connectivity index (χ0n) is 15.0. The van der Waals surface area contributed by atoms with Crippen LogP contribution in [0.25, 0.3) is 0 Å². The smallest absolute Gasteiger partial charge is 0.169 e. The summed E-state index contributed by atoms with van der Waals surface area (Å²) in [5, 5.41) is 4.33. The Bertz CT molecular complexity index is 477. The second kappa shape index (κ2) is 10.6. The molecule has 1 heterocycles. The Morgan fingerprint density at radius 2 is 2.00 bits per heavy atom. The van der Waals surface area contributed by atoms with Gasteiger partial charge in [0.2, 0.25) is 0 Å². The van der Waals surface area contributed by atoms with E-state index in [0.717, 1.165) is 63.9 Å². The highest BCUT2D eigenvalue weighted by molar-refractivity contribution is 7.80. The number of morpholine rings is 1. The minimum atomic E-state index is 0.412. The van der Waals surface area contributed by atoms with E-state index in [2.05, 4.69) is 59.3 Å². The minimum absolute atomic E-state index is 0.412. The van der Waals surface area contributed by atoms with Gasteiger partial charge in [0, 0.05) is 38.8 Å². The number of rotatable bonds is 8. The van der Waals surface area contributed by atoms with Crippen LogP contribution in [0.5, 0.6) is 0 Å². The van der Waals surface area contributed by atoms with Crippen LogP contribution in [0.2, 0.25) is 0 Å². The first-order valence-electron chi connectivity index (χ1n) is 9.08. The molecule has 1 saturated heterocycles. The van der Waals surface area contributed by atoms with Crippen molar-refractivity contribution in [2.75, 3.05) is 39.4 Å². The molecule has 134 valence electrons. The van der Waals surface area contributed by atoms with Gasteiger partial charge in [0.05, 0.1) is 13.2 Å². The van der Waals surface area contributed by atoms with Gasteiger partial charge in [-0.2, -0.15) is 0 Å². The van der Waals surface area contributed by atoms with Gasteiger partial charge in [0.15, 0.2) is 5.11 Å². The van der Waals surface area contributed by atoms with E-state index in [-0.39, 0.29) is 0 Å². The molecule has 1 fully saturated rings. The highest BCUT2D eigenvalue weighted by atomic mass is 32.1. The fourth-order valence-electron chi connectivity index (χ4n) is 2.77. The van der Waals surface area contributed by atoms with Gasteiger partial charge in [0.1, 0.15) is 0 Å².